The van der Waals surface area contributed by atoms with Crippen molar-refractivity contribution in [1.29, 1.82) is 0 Å². The van der Waals surface area contributed by atoms with E-state index in [9.17, 15) is 17.6 Å². The van der Waals surface area contributed by atoms with Crippen LogP contribution in [0.5, 0.6) is 0 Å². The fraction of sp³-hybridized carbons (Fsp3) is 0.462. The van der Waals surface area contributed by atoms with Crippen LogP contribution in [0.4, 0.5) is 4.39 Å². The van der Waals surface area contributed by atoms with Crippen molar-refractivity contribution in [2.45, 2.75) is 30.7 Å². The number of benzene rings is 1. The number of nitrogens with zero attached hydrogens (tertiary/aromatic N) is 1. The van der Waals surface area contributed by atoms with E-state index < -0.39 is 21.8 Å². The first-order chi connectivity index (χ1) is 9.86. The molecule has 0 N–H and O–H groups in total. The van der Waals surface area contributed by atoms with E-state index in [1.165, 1.54) is 12.1 Å². The minimum absolute atomic E-state index is 0.167. The van der Waals surface area contributed by atoms with Gasteiger partial charge in [-0.05, 0) is 53.9 Å². The summed E-state index contributed by atoms with van der Waals surface area (Å²) in [4.78, 5) is 11.4. The molecule has 1 aromatic rings. The van der Waals surface area contributed by atoms with Crippen LogP contribution in [0.3, 0.4) is 0 Å². The standard InChI is InChI=1S/C13H15BrFNO4S/c1-2-20-13(17)8-16(9-3-4-9)21(18,19)10-5-6-11(14)12(15)7-10/h5-7,9H,2-4,8H2,1H3. The average Bonchev–Trinajstić information content (AvgIpc) is 3.23. The van der Waals surface area contributed by atoms with Crippen LogP contribution in [-0.4, -0.2) is 37.9 Å². The molecule has 8 heteroatoms. The number of carbonyl (C=O) groups excluding carboxylic acids is 1. The van der Waals surface area contributed by atoms with Crippen molar-refractivity contribution in [2.75, 3.05) is 13.2 Å². The highest BCUT2D eigenvalue weighted by molar-refractivity contribution is 9.10. The van der Waals surface area contributed by atoms with E-state index in [-0.39, 0.29) is 28.6 Å². The van der Waals surface area contributed by atoms with Crippen molar-refractivity contribution < 1.29 is 22.3 Å². The second kappa shape index (κ2) is 6.41. The van der Waals surface area contributed by atoms with Crippen molar-refractivity contribution in [3.8, 4) is 0 Å². The quantitative estimate of drug-likeness (QED) is 0.711. The SMILES string of the molecule is CCOC(=O)CN(C1CC1)S(=O)(=O)c1ccc(Br)c(F)c1. The van der Waals surface area contributed by atoms with Crippen LogP contribution in [-0.2, 0) is 19.6 Å². The van der Waals surface area contributed by atoms with Crippen molar-refractivity contribution >= 4 is 31.9 Å². The molecule has 1 aliphatic rings. The summed E-state index contributed by atoms with van der Waals surface area (Å²) in [5, 5.41) is 0. The van der Waals surface area contributed by atoms with Crippen LogP contribution < -0.4 is 0 Å². The molecule has 0 aromatic heterocycles. The Bertz CT molecular complexity index is 646. The van der Waals surface area contributed by atoms with Gasteiger partial charge in [-0.1, -0.05) is 0 Å². The molecular formula is C13H15BrFNO4S. The van der Waals surface area contributed by atoms with E-state index in [4.69, 9.17) is 4.74 Å². The second-order valence-corrected chi connectivity index (χ2v) is 7.41. The maximum Gasteiger partial charge on any atom is 0.321 e. The van der Waals surface area contributed by atoms with Crippen LogP contribution in [0.25, 0.3) is 0 Å². The van der Waals surface area contributed by atoms with Gasteiger partial charge in [-0.3, -0.25) is 4.79 Å². The van der Waals surface area contributed by atoms with Crippen LogP contribution in [0.15, 0.2) is 27.6 Å². The van der Waals surface area contributed by atoms with Gasteiger partial charge in [0.1, 0.15) is 12.4 Å². The molecule has 1 fully saturated rings. The molecule has 116 valence electrons. The summed E-state index contributed by atoms with van der Waals surface area (Å²) in [5.41, 5.74) is 0. The fourth-order valence-corrected chi connectivity index (χ4v) is 3.77. The van der Waals surface area contributed by atoms with E-state index in [2.05, 4.69) is 15.9 Å². The molecule has 0 bridgehead atoms. The number of hydrogen-bond acceptors (Lipinski definition) is 4. The molecular weight excluding hydrogens is 365 g/mol. The third kappa shape index (κ3) is 3.81. The molecule has 0 amide bonds. The molecule has 2 rings (SSSR count). The minimum atomic E-state index is -3.92. The summed E-state index contributed by atoms with van der Waals surface area (Å²) in [6.45, 7) is 1.49. The van der Waals surface area contributed by atoms with Crippen LogP contribution in [0.1, 0.15) is 19.8 Å². The lowest BCUT2D eigenvalue weighted by atomic mass is 10.3. The first-order valence-corrected chi connectivity index (χ1v) is 8.72. The van der Waals surface area contributed by atoms with E-state index in [0.717, 1.165) is 10.4 Å². The number of rotatable bonds is 6. The predicted molar refractivity (Wildman–Crippen MR) is 77.6 cm³/mol. The van der Waals surface area contributed by atoms with Crippen molar-refractivity contribution in [3.05, 3.63) is 28.5 Å². The molecule has 0 unspecified atom stereocenters. The molecule has 5 nitrogen and oxygen atoms in total. The zero-order chi connectivity index (χ0) is 15.6. The lowest BCUT2D eigenvalue weighted by molar-refractivity contribution is -0.143. The highest BCUT2D eigenvalue weighted by Crippen LogP contribution is 2.32. The first-order valence-electron chi connectivity index (χ1n) is 6.48. The van der Waals surface area contributed by atoms with Crippen LogP contribution in [0, 0.1) is 5.82 Å². The van der Waals surface area contributed by atoms with Gasteiger partial charge < -0.3 is 4.74 Å². The monoisotopic (exact) mass is 379 g/mol. The van der Waals surface area contributed by atoms with Gasteiger partial charge >= 0.3 is 5.97 Å². The highest BCUT2D eigenvalue weighted by atomic mass is 79.9. The maximum absolute atomic E-state index is 13.6. The number of hydrogen-bond donors (Lipinski definition) is 0. The molecule has 1 saturated carbocycles. The van der Waals surface area contributed by atoms with Gasteiger partial charge in [0.2, 0.25) is 10.0 Å². The number of sulfonamides is 1. The van der Waals surface area contributed by atoms with E-state index in [0.29, 0.717) is 12.8 Å². The van der Waals surface area contributed by atoms with Crippen molar-refractivity contribution in [1.82, 2.24) is 4.31 Å². The second-order valence-electron chi connectivity index (χ2n) is 4.66. The first kappa shape index (κ1) is 16.4. The summed E-state index contributed by atoms with van der Waals surface area (Å²) in [7, 11) is -3.92. The number of carbonyl (C=O) groups is 1. The molecule has 0 spiro atoms. The summed E-state index contributed by atoms with van der Waals surface area (Å²) < 4.78 is 44.7. The Balaban J connectivity index is 2.29. The Hall–Kier alpha value is -0.990. The molecule has 1 aliphatic carbocycles. The summed E-state index contributed by atoms with van der Waals surface area (Å²) in [6, 6.07) is 3.37. The Morgan fingerprint density at radius 3 is 2.67 bits per heavy atom. The average molecular weight is 380 g/mol. The Labute approximate surface area is 131 Å². The molecule has 0 heterocycles. The number of esters is 1. The summed E-state index contributed by atoms with van der Waals surface area (Å²) >= 11 is 2.98. The maximum atomic E-state index is 13.6. The minimum Gasteiger partial charge on any atom is -0.465 e. The normalized spacial score (nSPS) is 15.2. The predicted octanol–water partition coefficient (Wildman–Crippen LogP) is 2.30. The lowest BCUT2D eigenvalue weighted by Crippen LogP contribution is -2.38. The fourth-order valence-electron chi connectivity index (χ4n) is 1.88. The van der Waals surface area contributed by atoms with Gasteiger partial charge in [0.15, 0.2) is 0 Å². The smallest absolute Gasteiger partial charge is 0.321 e. The van der Waals surface area contributed by atoms with Crippen LogP contribution in [0.2, 0.25) is 0 Å². The van der Waals surface area contributed by atoms with Gasteiger partial charge in [-0.2, -0.15) is 4.31 Å². The van der Waals surface area contributed by atoms with Crippen LogP contribution >= 0.6 is 15.9 Å². The third-order valence-corrected chi connectivity index (χ3v) is 5.58. The largest absolute Gasteiger partial charge is 0.465 e. The van der Waals surface area contributed by atoms with Gasteiger partial charge in [0.25, 0.3) is 0 Å². The van der Waals surface area contributed by atoms with Gasteiger partial charge in [-0.25, -0.2) is 12.8 Å². The molecule has 0 radical (unpaired) electrons. The van der Waals surface area contributed by atoms with Crippen molar-refractivity contribution in [2.24, 2.45) is 0 Å². The Kier molecular flexibility index (Phi) is 5.00. The summed E-state index contributed by atoms with van der Waals surface area (Å²) in [6.07, 6.45) is 1.38. The van der Waals surface area contributed by atoms with Gasteiger partial charge in [0, 0.05) is 6.04 Å². The zero-order valence-electron chi connectivity index (χ0n) is 11.4. The highest BCUT2D eigenvalue weighted by Gasteiger charge is 2.39. The van der Waals surface area contributed by atoms with Gasteiger partial charge in [0.05, 0.1) is 16.0 Å². The van der Waals surface area contributed by atoms with E-state index in [1.54, 1.807) is 6.92 Å². The number of ether oxygens (including phenoxy) is 1. The topological polar surface area (TPSA) is 63.7 Å². The Morgan fingerprint density at radius 2 is 2.14 bits per heavy atom. The molecule has 0 saturated heterocycles. The molecule has 21 heavy (non-hydrogen) atoms. The Morgan fingerprint density at radius 1 is 1.48 bits per heavy atom. The zero-order valence-corrected chi connectivity index (χ0v) is 13.8. The third-order valence-electron chi connectivity index (χ3n) is 3.04. The molecule has 0 atom stereocenters. The van der Waals surface area contributed by atoms with Gasteiger partial charge in [-0.15, -0.1) is 0 Å². The summed E-state index contributed by atoms with van der Waals surface area (Å²) in [5.74, 6) is -1.27. The molecule has 1 aromatic carbocycles. The van der Waals surface area contributed by atoms with Crippen molar-refractivity contribution in [3.63, 3.8) is 0 Å². The molecule has 0 aliphatic heterocycles. The van der Waals surface area contributed by atoms with E-state index >= 15 is 0 Å². The lowest BCUT2D eigenvalue weighted by Gasteiger charge is -2.21. The van der Waals surface area contributed by atoms with E-state index in [1.807, 2.05) is 0 Å². The number of halogens is 2.